The molecule has 0 aromatic rings. The van der Waals surface area contributed by atoms with E-state index in [1.165, 1.54) is 0 Å². The van der Waals surface area contributed by atoms with Crippen LogP contribution in [0.4, 0.5) is 0 Å². The van der Waals surface area contributed by atoms with Gasteiger partial charge in [0.25, 0.3) is 0 Å². The zero-order chi connectivity index (χ0) is 12.9. The molecule has 0 spiro atoms. The highest BCUT2D eigenvalue weighted by Gasteiger charge is 2.28. The Labute approximate surface area is 108 Å². The lowest BCUT2D eigenvalue weighted by atomic mass is 10.1. The summed E-state index contributed by atoms with van der Waals surface area (Å²) in [5, 5.41) is 0. The van der Waals surface area contributed by atoms with Gasteiger partial charge in [-0.2, -0.15) is 0 Å². The Morgan fingerprint density at radius 2 is 2.00 bits per heavy atom. The Morgan fingerprint density at radius 3 is 2.53 bits per heavy atom. The maximum absolute atomic E-state index is 11.5. The van der Waals surface area contributed by atoms with E-state index in [9.17, 15) is 16.8 Å². The molecule has 1 heterocycles. The lowest BCUT2D eigenvalue weighted by Crippen LogP contribution is -2.31. The summed E-state index contributed by atoms with van der Waals surface area (Å²) < 4.78 is 47.9. The molecule has 1 saturated heterocycles. The molecule has 0 saturated carbocycles. The van der Waals surface area contributed by atoms with Gasteiger partial charge in [0.15, 0.2) is 9.84 Å². The molecule has 1 N–H and O–H groups in total. The van der Waals surface area contributed by atoms with Crippen LogP contribution >= 0.6 is 11.6 Å². The lowest BCUT2D eigenvalue weighted by Gasteiger charge is -2.09. The van der Waals surface area contributed by atoms with Gasteiger partial charge in [-0.05, 0) is 25.2 Å². The van der Waals surface area contributed by atoms with Gasteiger partial charge in [-0.15, -0.1) is 11.6 Å². The van der Waals surface area contributed by atoms with Crippen molar-refractivity contribution < 1.29 is 16.8 Å². The van der Waals surface area contributed by atoms with Crippen LogP contribution in [0.3, 0.4) is 0 Å². The van der Waals surface area contributed by atoms with E-state index in [0.29, 0.717) is 25.1 Å². The van der Waals surface area contributed by atoms with E-state index in [1.54, 1.807) is 0 Å². The van der Waals surface area contributed by atoms with E-state index in [0.717, 1.165) is 0 Å². The van der Waals surface area contributed by atoms with Gasteiger partial charge < -0.3 is 0 Å². The van der Waals surface area contributed by atoms with Crippen LogP contribution in [0.1, 0.15) is 19.3 Å². The minimum absolute atomic E-state index is 0.0548. The molecule has 1 aliphatic heterocycles. The molecule has 0 aromatic carbocycles. The third kappa shape index (κ3) is 6.03. The number of alkyl halides is 1. The fourth-order valence-corrected chi connectivity index (χ4v) is 5.01. The standard InChI is InChI=1S/C9H18ClNO4S2/c10-4-1-2-5-17(14,15)11-7-9-3-6-16(12,13)8-9/h9,11H,1-8H2. The van der Waals surface area contributed by atoms with Gasteiger partial charge in [0.05, 0.1) is 17.3 Å². The van der Waals surface area contributed by atoms with Crippen molar-refractivity contribution in [1.82, 2.24) is 4.72 Å². The number of sulfonamides is 1. The van der Waals surface area contributed by atoms with E-state index in [-0.39, 0.29) is 29.7 Å². The molecule has 1 aliphatic rings. The van der Waals surface area contributed by atoms with Crippen LogP contribution in [0.5, 0.6) is 0 Å². The lowest BCUT2D eigenvalue weighted by molar-refractivity contribution is 0.541. The third-order valence-electron chi connectivity index (χ3n) is 2.72. The minimum Gasteiger partial charge on any atom is -0.229 e. The first-order valence-electron chi connectivity index (χ1n) is 5.58. The van der Waals surface area contributed by atoms with Crippen LogP contribution in [0.25, 0.3) is 0 Å². The van der Waals surface area contributed by atoms with Crippen LogP contribution in [-0.4, -0.2) is 46.5 Å². The van der Waals surface area contributed by atoms with Crippen molar-refractivity contribution >= 4 is 31.5 Å². The molecule has 102 valence electrons. The molecule has 1 atom stereocenters. The first-order chi connectivity index (χ1) is 7.85. The highest BCUT2D eigenvalue weighted by Crippen LogP contribution is 2.17. The summed E-state index contributed by atoms with van der Waals surface area (Å²) in [6, 6.07) is 0. The maximum Gasteiger partial charge on any atom is 0.211 e. The molecule has 0 aliphatic carbocycles. The quantitative estimate of drug-likeness (QED) is 0.544. The van der Waals surface area contributed by atoms with E-state index < -0.39 is 19.9 Å². The van der Waals surface area contributed by atoms with Gasteiger partial charge in [-0.1, -0.05) is 0 Å². The van der Waals surface area contributed by atoms with Gasteiger partial charge in [0.2, 0.25) is 10.0 Å². The molecule has 1 rings (SSSR count). The van der Waals surface area contributed by atoms with Gasteiger partial charge in [-0.3, -0.25) is 0 Å². The Bertz CT molecular complexity index is 432. The molecule has 0 aromatic heterocycles. The Balaban J connectivity index is 2.30. The fourth-order valence-electron chi connectivity index (χ4n) is 1.74. The minimum atomic E-state index is -3.28. The van der Waals surface area contributed by atoms with Crippen molar-refractivity contribution in [1.29, 1.82) is 0 Å². The number of hydrogen-bond acceptors (Lipinski definition) is 4. The summed E-state index contributed by atoms with van der Waals surface area (Å²) in [5.74, 6) is 0.695. The maximum atomic E-state index is 11.5. The van der Waals surface area contributed by atoms with Crippen molar-refractivity contribution in [2.24, 2.45) is 5.92 Å². The zero-order valence-electron chi connectivity index (χ0n) is 9.56. The average molecular weight is 304 g/mol. The number of hydrogen-bond donors (Lipinski definition) is 1. The molecule has 0 radical (unpaired) electrons. The second-order valence-corrected chi connectivity index (χ2v) is 8.87. The van der Waals surface area contributed by atoms with Crippen LogP contribution in [0.2, 0.25) is 0 Å². The van der Waals surface area contributed by atoms with Gasteiger partial charge in [0, 0.05) is 12.4 Å². The highest BCUT2D eigenvalue weighted by atomic mass is 35.5. The fraction of sp³-hybridized carbons (Fsp3) is 1.00. The van der Waals surface area contributed by atoms with Crippen molar-refractivity contribution in [3.05, 3.63) is 0 Å². The summed E-state index contributed by atoms with van der Waals surface area (Å²) in [6.45, 7) is 0.225. The summed E-state index contributed by atoms with van der Waals surface area (Å²) in [5.41, 5.74) is 0. The Hall–Kier alpha value is 0.150. The van der Waals surface area contributed by atoms with E-state index in [1.807, 2.05) is 0 Å². The summed E-state index contributed by atoms with van der Waals surface area (Å²) in [6.07, 6.45) is 1.74. The van der Waals surface area contributed by atoms with Crippen molar-refractivity contribution in [3.8, 4) is 0 Å². The number of halogens is 1. The molecule has 8 heteroatoms. The van der Waals surface area contributed by atoms with E-state index in [4.69, 9.17) is 11.6 Å². The molecular weight excluding hydrogens is 286 g/mol. The molecule has 0 amide bonds. The summed E-state index contributed by atoms with van der Waals surface area (Å²) in [4.78, 5) is 0. The SMILES string of the molecule is O=S1(=O)CCC(CNS(=O)(=O)CCCCCl)C1. The zero-order valence-corrected chi connectivity index (χ0v) is 12.0. The Morgan fingerprint density at radius 1 is 1.29 bits per heavy atom. The smallest absolute Gasteiger partial charge is 0.211 e. The number of sulfone groups is 1. The average Bonchev–Trinajstić information content (AvgIpc) is 2.56. The molecular formula is C9H18ClNO4S2. The summed E-state index contributed by atoms with van der Waals surface area (Å²) >= 11 is 5.46. The molecule has 1 unspecified atom stereocenters. The van der Waals surface area contributed by atoms with Crippen LogP contribution < -0.4 is 4.72 Å². The Kier molecular flexibility index (Phi) is 5.69. The summed E-state index contributed by atoms with van der Waals surface area (Å²) in [7, 11) is -6.22. The predicted octanol–water partition coefficient (Wildman–Crippen LogP) is 0.359. The highest BCUT2D eigenvalue weighted by molar-refractivity contribution is 7.91. The van der Waals surface area contributed by atoms with Crippen molar-refractivity contribution in [3.63, 3.8) is 0 Å². The second-order valence-electron chi connectivity index (χ2n) is 4.33. The van der Waals surface area contributed by atoms with Crippen LogP contribution in [0, 0.1) is 5.92 Å². The van der Waals surface area contributed by atoms with Crippen molar-refractivity contribution in [2.75, 3.05) is 29.7 Å². The molecule has 0 bridgehead atoms. The molecule has 5 nitrogen and oxygen atoms in total. The second kappa shape index (κ2) is 6.36. The van der Waals surface area contributed by atoms with E-state index in [2.05, 4.69) is 4.72 Å². The largest absolute Gasteiger partial charge is 0.229 e. The molecule has 1 fully saturated rings. The van der Waals surface area contributed by atoms with Crippen LogP contribution in [0.15, 0.2) is 0 Å². The first-order valence-corrected chi connectivity index (χ1v) is 9.59. The number of rotatable bonds is 7. The number of unbranched alkanes of at least 4 members (excludes halogenated alkanes) is 1. The monoisotopic (exact) mass is 303 g/mol. The van der Waals surface area contributed by atoms with Gasteiger partial charge in [-0.25, -0.2) is 21.6 Å². The molecule has 17 heavy (non-hydrogen) atoms. The topological polar surface area (TPSA) is 80.3 Å². The van der Waals surface area contributed by atoms with Crippen molar-refractivity contribution in [2.45, 2.75) is 19.3 Å². The number of nitrogens with one attached hydrogen (secondary N) is 1. The van der Waals surface area contributed by atoms with Crippen LogP contribution in [-0.2, 0) is 19.9 Å². The van der Waals surface area contributed by atoms with Gasteiger partial charge >= 0.3 is 0 Å². The third-order valence-corrected chi connectivity index (χ3v) is 6.25. The first kappa shape index (κ1) is 15.2. The van der Waals surface area contributed by atoms with E-state index >= 15 is 0 Å². The van der Waals surface area contributed by atoms with Gasteiger partial charge in [0.1, 0.15) is 0 Å². The normalized spacial score (nSPS) is 23.9. The predicted molar refractivity (Wildman–Crippen MR) is 68.5 cm³/mol.